The van der Waals surface area contributed by atoms with E-state index in [0.717, 1.165) is 19.3 Å². The molecule has 4 rings (SSSR count). The molecule has 4 bridgehead atoms. The van der Waals surface area contributed by atoms with Crippen molar-refractivity contribution in [2.24, 2.45) is 23.2 Å². The third-order valence-electron chi connectivity index (χ3n) is 4.95. The monoisotopic (exact) mass is 266 g/mol. The van der Waals surface area contributed by atoms with Crippen LogP contribution in [0.1, 0.15) is 38.5 Å². The van der Waals surface area contributed by atoms with Crippen LogP contribution >= 0.6 is 0 Å². The third-order valence-corrected chi connectivity index (χ3v) is 4.95. The molecule has 4 aliphatic rings. The van der Waals surface area contributed by atoms with Gasteiger partial charge < -0.3 is 0 Å². The van der Waals surface area contributed by atoms with Crippen LogP contribution in [0.3, 0.4) is 0 Å². The van der Waals surface area contributed by atoms with Crippen LogP contribution in [0.2, 0.25) is 0 Å². The van der Waals surface area contributed by atoms with E-state index < -0.39 is 23.2 Å². The van der Waals surface area contributed by atoms with Crippen LogP contribution in [0.15, 0.2) is 11.7 Å². The standard InChI is InChI=1S/C13H15F5/c14-10(11(15)13(16,17)18)12-4-7-1-8(5-12)3-9(2-7)6-12/h7-9H,1-6H2/b11-10-. The summed E-state index contributed by atoms with van der Waals surface area (Å²) in [6.07, 6.45) is -1.04. The zero-order valence-electron chi connectivity index (χ0n) is 9.86. The molecule has 102 valence electrons. The van der Waals surface area contributed by atoms with E-state index in [9.17, 15) is 22.0 Å². The maximum Gasteiger partial charge on any atom is 0.445 e. The molecule has 0 saturated heterocycles. The molecular formula is C13H15F5. The Hall–Kier alpha value is -0.610. The summed E-state index contributed by atoms with van der Waals surface area (Å²) in [5, 5.41) is 0. The van der Waals surface area contributed by atoms with Gasteiger partial charge in [-0.25, -0.2) is 4.39 Å². The van der Waals surface area contributed by atoms with Gasteiger partial charge in [-0.2, -0.15) is 17.6 Å². The van der Waals surface area contributed by atoms with Crippen molar-refractivity contribution in [2.45, 2.75) is 44.7 Å². The van der Waals surface area contributed by atoms with E-state index in [1.54, 1.807) is 0 Å². The molecule has 5 heteroatoms. The molecule has 18 heavy (non-hydrogen) atoms. The lowest BCUT2D eigenvalue weighted by Crippen LogP contribution is -2.46. The van der Waals surface area contributed by atoms with Crippen molar-refractivity contribution in [3.8, 4) is 0 Å². The van der Waals surface area contributed by atoms with Gasteiger partial charge >= 0.3 is 6.18 Å². The van der Waals surface area contributed by atoms with Gasteiger partial charge in [0.1, 0.15) is 5.83 Å². The number of hydrogen-bond acceptors (Lipinski definition) is 0. The van der Waals surface area contributed by atoms with E-state index in [1.165, 1.54) is 0 Å². The highest BCUT2D eigenvalue weighted by atomic mass is 19.4. The third kappa shape index (κ3) is 1.77. The van der Waals surface area contributed by atoms with Crippen molar-refractivity contribution in [1.29, 1.82) is 0 Å². The van der Waals surface area contributed by atoms with E-state index in [1.807, 2.05) is 0 Å². The van der Waals surface area contributed by atoms with E-state index in [0.29, 0.717) is 37.0 Å². The maximum absolute atomic E-state index is 14.0. The average molecular weight is 266 g/mol. The summed E-state index contributed by atoms with van der Waals surface area (Å²) in [6.45, 7) is 0. The number of halogens is 5. The molecule has 4 fully saturated rings. The summed E-state index contributed by atoms with van der Waals surface area (Å²) in [5.74, 6) is -3.13. The predicted octanol–water partition coefficient (Wildman–Crippen LogP) is 4.92. The Morgan fingerprint density at radius 2 is 1.22 bits per heavy atom. The van der Waals surface area contributed by atoms with Crippen molar-refractivity contribution >= 4 is 0 Å². The van der Waals surface area contributed by atoms with E-state index in [4.69, 9.17) is 0 Å². The number of rotatable bonds is 1. The Labute approximate surface area is 102 Å². The van der Waals surface area contributed by atoms with Gasteiger partial charge in [0.2, 0.25) is 5.83 Å². The minimum absolute atomic E-state index is 0.294. The molecule has 0 nitrogen and oxygen atoms in total. The van der Waals surface area contributed by atoms with Crippen LogP contribution in [-0.4, -0.2) is 6.18 Å². The molecular weight excluding hydrogens is 251 g/mol. The first-order chi connectivity index (χ1) is 8.30. The lowest BCUT2D eigenvalue weighted by Gasteiger charge is -2.56. The fraction of sp³-hybridized carbons (Fsp3) is 0.846. The summed E-state index contributed by atoms with van der Waals surface area (Å²) in [7, 11) is 0. The van der Waals surface area contributed by atoms with Crippen LogP contribution < -0.4 is 0 Å². The smallest absolute Gasteiger partial charge is 0.208 e. The molecule has 4 saturated carbocycles. The van der Waals surface area contributed by atoms with Crippen LogP contribution in [0.25, 0.3) is 0 Å². The van der Waals surface area contributed by atoms with Gasteiger partial charge in [-0.15, -0.1) is 0 Å². The van der Waals surface area contributed by atoms with Gasteiger partial charge in [0, 0.05) is 5.41 Å². The Morgan fingerprint density at radius 3 is 1.56 bits per heavy atom. The number of hydrogen-bond donors (Lipinski definition) is 0. The first kappa shape index (κ1) is 12.4. The van der Waals surface area contributed by atoms with Gasteiger partial charge in [0.05, 0.1) is 0 Å². The van der Waals surface area contributed by atoms with Crippen LogP contribution in [0.4, 0.5) is 22.0 Å². The summed E-state index contributed by atoms with van der Waals surface area (Å²) < 4.78 is 64.1. The Kier molecular flexibility index (Phi) is 2.55. The van der Waals surface area contributed by atoms with Crippen LogP contribution in [-0.2, 0) is 0 Å². The lowest BCUT2D eigenvalue weighted by atomic mass is 9.49. The van der Waals surface area contributed by atoms with E-state index >= 15 is 0 Å². The number of alkyl halides is 3. The SMILES string of the molecule is F/C(=C(\F)C12CC3CC(CC(C3)C1)C2)C(F)(F)F. The second kappa shape index (κ2) is 3.70. The molecule has 0 aromatic heterocycles. The average Bonchev–Trinajstić information content (AvgIpc) is 2.23. The van der Waals surface area contributed by atoms with Gasteiger partial charge in [0.25, 0.3) is 0 Å². The maximum atomic E-state index is 14.0. The van der Waals surface area contributed by atoms with Crippen LogP contribution in [0.5, 0.6) is 0 Å². The second-order valence-corrected chi connectivity index (χ2v) is 6.32. The molecule has 4 aliphatic carbocycles. The molecule has 0 spiro atoms. The molecule has 0 heterocycles. The summed E-state index contributed by atoms with van der Waals surface area (Å²) in [5.41, 5.74) is -1.14. The zero-order chi connectivity index (χ0) is 13.1. The van der Waals surface area contributed by atoms with Crippen molar-refractivity contribution in [2.75, 3.05) is 0 Å². The molecule has 0 unspecified atom stereocenters. The quantitative estimate of drug-likeness (QED) is 0.591. The molecule has 0 atom stereocenters. The first-order valence-corrected chi connectivity index (χ1v) is 6.43. The minimum Gasteiger partial charge on any atom is -0.208 e. The summed E-state index contributed by atoms with van der Waals surface area (Å²) >= 11 is 0. The fourth-order valence-electron chi connectivity index (χ4n) is 4.74. The molecule has 0 amide bonds. The van der Waals surface area contributed by atoms with E-state index in [2.05, 4.69) is 0 Å². The fourth-order valence-corrected chi connectivity index (χ4v) is 4.74. The highest BCUT2D eigenvalue weighted by Crippen LogP contribution is 2.63. The highest BCUT2D eigenvalue weighted by Gasteiger charge is 2.56. The molecule has 0 aromatic carbocycles. The van der Waals surface area contributed by atoms with Crippen molar-refractivity contribution in [1.82, 2.24) is 0 Å². The Morgan fingerprint density at radius 1 is 0.833 bits per heavy atom. The molecule has 0 aromatic rings. The Balaban J connectivity index is 1.96. The Bertz CT molecular complexity index is 357. The van der Waals surface area contributed by atoms with Gasteiger partial charge in [-0.3, -0.25) is 0 Å². The van der Waals surface area contributed by atoms with E-state index in [-0.39, 0.29) is 0 Å². The molecule has 0 radical (unpaired) electrons. The van der Waals surface area contributed by atoms with Gasteiger partial charge in [-0.05, 0) is 56.3 Å². The zero-order valence-corrected chi connectivity index (χ0v) is 9.86. The topological polar surface area (TPSA) is 0 Å². The number of allylic oxidation sites excluding steroid dienone is 2. The van der Waals surface area contributed by atoms with Crippen molar-refractivity contribution < 1.29 is 22.0 Å². The highest BCUT2D eigenvalue weighted by molar-refractivity contribution is 5.20. The second-order valence-electron chi connectivity index (χ2n) is 6.32. The predicted molar refractivity (Wildman–Crippen MR) is 55.9 cm³/mol. The summed E-state index contributed by atoms with van der Waals surface area (Å²) in [6, 6.07) is 0. The minimum atomic E-state index is -5.19. The lowest BCUT2D eigenvalue weighted by molar-refractivity contribution is -0.117. The largest absolute Gasteiger partial charge is 0.445 e. The van der Waals surface area contributed by atoms with Crippen molar-refractivity contribution in [3.05, 3.63) is 11.7 Å². The van der Waals surface area contributed by atoms with Crippen LogP contribution in [0, 0.1) is 23.2 Å². The van der Waals surface area contributed by atoms with Gasteiger partial charge in [0.15, 0.2) is 0 Å². The normalized spacial score (nSPS) is 44.2. The molecule has 0 N–H and O–H groups in total. The van der Waals surface area contributed by atoms with Crippen molar-refractivity contribution in [3.63, 3.8) is 0 Å². The summed E-state index contributed by atoms with van der Waals surface area (Å²) in [4.78, 5) is 0. The first-order valence-electron chi connectivity index (χ1n) is 6.43. The van der Waals surface area contributed by atoms with Gasteiger partial charge in [-0.1, -0.05) is 0 Å². The molecule has 0 aliphatic heterocycles.